The maximum absolute atomic E-state index is 12.5. The molecule has 0 aliphatic rings. The summed E-state index contributed by atoms with van der Waals surface area (Å²) in [6.45, 7) is 3.87. The molecule has 6 nitrogen and oxygen atoms in total. The van der Waals surface area contributed by atoms with E-state index in [9.17, 15) is 4.79 Å². The molecule has 0 saturated heterocycles. The highest BCUT2D eigenvalue weighted by Crippen LogP contribution is 2.19. The van der Waals surface area contributed by atoms with E-state index < -0.39 is 0 Å². The minimum Gasteiger partial charge on any atom is -0.287 e. The Labute approximate surface area is 150 Å². The molecule has 2 aromatic carbocycles. The van der Waals surface area contributed by atoms with Gasteiger partial charge in [0.05, 0.1) is 5.69 Å². The Balaban J connectivity index is 1.90. The van der Waals surface area contributed by atoms with Crippen LogP contribution < -0.4 is 5.43 Å². The van der Waals surface area contributed by atoms with Crippen LogP contribution in [0.4, 0.5) is 0 Å². The van der Waals surface area contributed by atoms with Gasteiger partial charge in [0.25, 0.3) is 0 Å². The van der Waals surface area contributed by atoms with Gasteiger partial charge in [0.2, 0.25) is 5.43 Å². The van der Waals surface area contributed by atoms with Gasteiger partial charge in [-0.15, -0.1) is 10.2 Å². The van der Waals surface area contributed by atoms with Gasteiger partial charge in [-0.05, 0) is 43.7 Å². The van der Waals surface area contributed by atoms with Crippen molar-refractivity contribution < 1.29 is 0 Å². The van der Waals surface area contributed by atoms with Crippen LogP contribution in [-0.4, -0.2) is 24.5 Å². The molecule has 0 spiro atoms. The second-order valence-corrected chi connectivity index (χ2v) is 6.05. The Morgan fingerprint density at radius 3 is 2.38 bits per heavy atom. The van der Waals surface area contributed by atoms with Crippen molar-refractivity contribution in [2.45, 2.75) is 13.8 Å². The third kappa shape index (κ3) is 2.82. The monoisotopic (exact) mass is 343 g/mol. The van der Waals surface area contributed by atoms with Crippen LogP contribution in [0.1, 0.15) is 11.4 Å². The van der Waals surface area contributed by atoms with Crippen molar-refractivity contribution in [3.05, 3.63) is 88.5 Å². The normalized spacial score (nSPS) is 10.8. The average molecular weight is 343 g/mol. The minimum atomic E-state index is -0.196. The molecule has 4 aromatic rings. The summed E-state index contributed by atoms with van der Waals surface area (Å²) in [6, 6.07) is 19.1. The topological polar surface area (TPSA) is 65.6 Å². The Bertz CT molecular complexity index is 1130. The van der Waals surface area contributed by atoms with Crippen LogP contribution >= 0.6 is 0 Å². The molecule has 0 aliphatic heterocycles. The van der Waals surface area contributed by atoms with E-state index in [1.54, 1.807) is 10.9 Å². The second kappa shape index (κ2) is 6.40. The predicted octanol–water partition coefficient (Wildman–Crippen LogP) is 3.10. The molecule has 128 valence electrons. The largest absolute Gasteiger partial charge is 0.287 e. The molecule has 0 saturated carbocycles. The predicted molar refractivity (Wildman–Crippen MR) is 99.7 cm³/mol. The lowest BCUT2D eigenvalue weighted by Crippen LogP contribution is -2.15. The number of para-hydroxylation sites is 1. The van der Waals surface area contributed by atoms with E-state index in [-0.39, 0.29) is 11.1 Å². The second-order valence-electron chi connectivity index (χ2n) is 6.05. The van der Waals surface area contributed by atoms with Crippen LogP contribution in [0, 0.1) is 13.8 Å². The minimum absolute atomic E-state index is 0.196. The van der Waals surface area contributed by atoms with E-state index in [1.165, 1.54) is 6.07 Å². The highest BCUT2D eigenvalue weighted by molar-refractivity contribution is 5.54. The number of rotatable bonds is 3. The lowest BCUT2D eigenvalue weighted by Gasteiger charge is -2.10. The molecule has 0 N–H and O–H groups in total. The number of nitrogens with zero attached hydrogens (tertiary/aromatic N) is 5. The standard InChI is InChI=1S/C20H17N5O/c1-14-7-6-10-17(13-14)24-12-11-18(26)19(23-24)20-22-21-15(2)25(20)16-8-4-3-5-9-16/h3-13H,1-2H3. The summed E-state index contributed by atoms with van der Waals surface area (Å²) in [6.07, 6.45) is 1.66. The fourth-order valence-corrected chi connectivity index (χ4v) is 2.88. The molecule has 4 rings (SSSR count). The average Bonchev–Trinajstić information content (AvgIpc) is 3.04. The van der Waals surface area contributed by atoms with Gasteiger partial charge in [-0.2, -0.15) is 5.10 Å². The summed E-state index contributed by atoms with van der Waals surface area (Å²) < 4.78 is 3.52. The summed E-state index contributed by atoms with van der Waals surface area (Å²) in [4.78, 5) is 12.5. The van der Waals surface area contributed by atoms with Crippen molar-refractivity contribution in [1.29, 1.82) is 0 Å². The maximum atomic E-state index is 12.5. The fraction of sp³-hybridized carbons (Fsp3) is 0.100. The van der Waals surface area contributed by atoms with Gasteiger partial charge >= 0.3 is 0 Å². The molecule has 2 aromatic heterocycles. The first kappa shape index (κ1) is 16.0. The lowest BCUT2D eigenvalue weighted by molar-refractivity contribution is 0.830. The highest BCUT2D eigenvalue weighted by Gasteiger charge is 2.17. The van der Waals surface area contributed by atoms with Crippen molar-refractivity contribution in [3.63, 3.8) is 0 Å². The molecule has 0 atom stereocenters. The number of hydrogen-bond donors (Lipinski definition) is 0. The molecular weight excluding hydrogens is 326 g/mol. The van der Waals surface area contributed by atoms with Gasteiger partial charge < -0.3 is 0 Å². The third-order valence-electron chi connectivity index (χ3n) is 4.13. The van der Waals surface area contributed by atoms with E-state index in [2.05, 4.69) is 15.3 Å². The summed E-state index contributed by atoms with van der Waals surface area (Å²) >= 11 is 0. The van der Waals surface area contributed by atoms with Gasteiger partial charge in [0, 0.05) is 18.0 Å². The molecule has 0 aliphatic carbocycles. The molecule has 0 amide bonds. The molecular formula is C20H17N5O. The van der Waals surface area contributed by atoms with Crippen molar-refractivity contribution in [2.75, 3.05) is 0 Å². The molecule has 0 fully saturated rings. The van der Waals surface area contributed by atoms with Gasteiger partial charge in [-0.3, -0.25) is 9.36 Å². The maximum Gasteiger partial charge on any atom is 0.211 e. The van der Waals surface area contributed by atoms with Crippen LogP contribution in [0.3, 0.4) is 0 Å². The summed E-state index contributed by atoms with van der Waals surface area (Å²) in [5, 5.41) is 12.9. The smallest absolute Gasteiger partial charge is 0.211 e. The number of aryl methyl sites for hydroxylation is 2. The Kier molecular flexibility index (Phi) is 3.93. The zero-order valence-electron chi connectivity index (χ0n) is 14.5. The van der Waals surface area contributed by atoms with E-state index in [1.807, 2.05) is 73.0 Å². The van der Waals surface area contributed by atoms with E-state index in [0.717, 1.165) is 16.9 Å². The lowest BCUT2D eigenvalue weighted by atomic mass is 10.2. The number of benzene rings is 2. The van der Waals surface area contributed by atoms with Crippen LogP contribution in [-0.2, 0) is 0 Å². The van der Waals surface area contributed by atoms with Crippen LogP contribution in [0.5, 0.6) is 0 Å². The molecule has 0 radical (unpaired) electrons. The number of hydrogen-bond acceptors (Lipinski definition) is 4. The van der Waals surface area contributed by atoms with Crippen LogP contribution in [0.15, 0.2) is 71.7 Å². The quantitative estimate of drug-likeness (QED) is 0.573. The molecule has 26 heavy (non-hydrogen) atoms. The molecule has 2 heterocycles. The molecule has 0 bridgehead atoms. The van der Waals surface area contributed by atoms with Gasteiger partial charge in [0.15, 0.2) is 11.5 Å². The van der Waals surface area contributed by atoms with Gasteiger partial charge in [0.1, 0.15) is 5.82 Å². The Hall–Kier alpha value is -3.54. The van der Waals surface area contributed by atoms with Gasteiger partial charge in [-0.1, -0.05) is 30.3 Å². The summed E-state index contributed by atoms with van der Waals surface area (Å²) in [5.74, 6) is 1.12. The van der Waals surface area contributed by atoms with Gasteiger partial charge in [-0.25, -0.2) is 4.68 Å². The zero-order chi connectivity index (χ0) is 18.1. The van der Waals surface area contributed by atoms with Crippen molar-refractivity contribution >= 4 is 0 Å². The van der Waals surface area contributed by atoms with E-state index in [0.29, 0.717) is 11.6 Å². The molecule has 6 heteroatoms. The first-order chi connectivity index (χ1) is 12.6. The molecule has 0 unspecified atom stereocenters. The van der Waals surface area contributed by atoms with E-state index >= 15 is 0 Å². The van der Waals surface area contributed by atoms with Crippen molar-refractivity contribution in [2.24, 2.45) is 0 Å². The first-order valence-electron chi connectivity index (χ1n) is 8.28. The van der Waals surface area contributed by atoms with Crippen LogP contribution in [0.25, 0.3) is 22.9 Å². The number of aromatic nitrogens is 5. The van der Waals surface area contributed by atoms with Crippen molar-refractivity contribution in [1.82, 2.24) is 24.5 Å². The summed E-state index contributed by atoms with van der Waals surface area (Å²) in [5.41, 5.74) is 2.95. The Morgan fingerprint density at radius 2 is 1.62 bits per heavy atom. The third-order valence-corrected chi connectivity index (χ3v) is 4.13. The Morgan fingerprint density at radius 1 is 0.846 bits per heavy atom. The highest BCUT2D eigenvalue weighted by atomic mass is 16.1. The summed E-state index contributed by atoms with van der Waals surface area (Å²) in [7, 11) is 0. The first-order valence-corrected chi connectivity index (χ1v) is 8.28. The zero-order valence-corrected chi connectivity index (χ0v) is 14.5. The SMILES string of the molecule is Cc1cccc(-n2ccc(=O)c(-c3nnc(C)n3-c3ccccc3)n2)c1. The van der Waals surface area contributed by atoms with E-state index in [4.69, 9.17) is 0 Å². The van der Waals surface area contributed by atoms with Crippen LogP contribution in [0.2, 0.25) is 0 Å². The fourth-order valence-electron chi connectivity index (χ4n) is 2.88. The van der Waals surface area contributed by atoms with Crippen molar-refractivity contribution in [3.8, 4) is 22.9 Å².